The molecule has 148 valence electrons. The van der Waals surface area contributed by atoms with E-state index >= 15 is 0 Å². The van der Waals surface area contributed by atoms with E-state index in [9.17, 15) is 19.7 Å². The van der Waals surface area contributed by atoms with Crippen LogP contribution in [0.5, 0.6) is 0 Å². The number of anilines is 1. The van der Waals surface area contributed by atoms with Crippen molar-refractivity contribution in [1.29, 1.82) is 0 Å². The summed E-state index contributed by atoms with van der Waals surface area (Å²) in [6.07, 6.45) is 0.0290. The molecule has 0 aliphatic carbocycles. The van der Waals surface area contributed by atoms with Gasteiger partial charge in [0.25, 0.3) is 0 Å². The summed E-state index contributed by atoms with van der Waals surface area (Å²) in [7, 11) is 0. The maximum absolute atomic E-state index is 12.8. The fourth-order valence-corrected chi connectivity index (χ4v) is 2.96. The summed E-state index contributed by atoms with van der Waals surface area (Å²) >= 11 is 6.04. The Balaban J connectivity index is 1.74. The number of amides is 1. The number of aryl methyl sites for hydroxylation is 2. The third-order valence-corrected chi connectivity index (χ3v) is 4.48. The lowest BCUT2D eigenvalue weighted by molar-refractivity contribution is -0.389. The van der Waals surface area contributed by atoms with Gasteiger partial charge in [-0.25, -0.2) is 0 Å². The van der Waals surface area contributed by atoms with E-state index in [0.717, 1.165) is 0 Å². The van der Waals surface area contributed by atoms with Gasteiger partial charge in [-0.15, -0.1) is 0 Å². The van der Waals surface area contributed by atoms with Crippen LogP contribution in [0.3, 0.4) is 0 Å². The van der Waals surface area contributed by atoms with Crippen molar-refractivity contribution in [2.45, 2.75) is 19.9 Å². The van der Waals surface area contributed by atoms with Gasteiger partial charge in [-0.2, -0.15) is 4.68 Å². The molecule has 0 fully saturated rings. The molecule has 8 nitrogen and oxygen atoms in total. The van der Waals surface area contributed by atoms with Crippen LogP contribution in [-0.2, 0) is 11.3 Å². The van der Waals surface area contributed by atoms with Crippen LogP contribution in [0.25, 0.3) is 0 Å². The van der Waals surface area contributed by atoms with E-state index in [4.69, 9.17) is 11.6 Å². The molecule has 0 bridgehead atoms. The highest BCUT2D eigenvalue weighted by Gasteiger charge is 2.18. The van der Waals surface area contributed by atoms with E-state index in [2.05, 4.69) is 10.4 Å². The van der Waals surface area contributed by atoms with Crippen molar-refractivity contribution in [1.82, 2.24) is 9.78 Å². The molecule has 0 aliphatic heterocycles. The molecule has 0 spiro atoms. The Labute approximate surface area is 171 Å². The molecule has 3 rings (SSSR count). The van der Waals surface area contributed by atoms with Crippen molar-refractivity contribution in [2.75, 3.05) is 5.32 Å². The predicted molar refractivity (Wildman–Crippen MR) is 108 cm³/mol. The molecule has 1 amide bonds. The average molecular weight is 413 g/mol. The van der Waals surface area contributed by atoms with Crippen LogP contribution in [0.4, 0.5) is 11.5 Å². The quantitative estimate of drug-likeness (QED) is 0.358. The van der Waals surface area contributed by atoms with Crippen LogP contribution in [0, 0.1) is 17.0 Å². The van der Waals surface area contributed by atoms with Crippen molar-refractivity contribution in [3.8, 4) is 0 Å². The maximum atomic E-state index is 12.8. The lowest BCUT2D eigenvalue weighted by Gasteiger charge is -2.11. The molecular formula is C20H17ClN4O4. The Kier molecular flexibility index (Phi) is 6.04. The lowest BCUT2D eigenvalue weighted by atomic mass is 10.0. The van der Waals surface area contributed by atoms with Crippen molar-refractivity contribution in [3.05, 3.63) is 86.6 Å². The maximum Gasteiger partial charge on any atom is 0.390 e. The summed E-state index contributed by atoms with van der Waals surface area (Å²) in [5.41, 5.74) is 1.68. The van der Waals surface area contributed by atoms with E-state index in [1.165, 1.54) is 16.8 Å². The summed E-state index contributed by atoms with van der Waals surface area (Å²) in [5, 5.41) is 17.7. The number of hydrogen-bond acceptors (Lipinski definition) is 5. The van der Waals surface area contributed by atoms with Gasteiger partial charge in [0.1, 0.15) is 0 Å². The number of benzene rings is 2. The van der Waals surface area contributed by atoms with E-state index in [-0.39, 0.29) is 36.0 Å². The minimum atomic E-state index is -0.585. The Hall–Kier alpha value is -3.52. The molecular weight excluding hydrogens is 396 g/mol. The minimum absolute atomic E-state index is 0.0290. The standard InChI is InChI=1S/C20H17ClN4O4/c1-13-11-18(25(28)29)23-24(13)10-9-19(26)22-17-8-7-15(21)12-16(17)20(27)14-5-3-2-4-6-14/h2-8,11-12H,9-10H2,1H3,(H,22,26). The van der Waals surface area contributed by atoms with Crippen LogP contribution in [-0.4, -0.2) is 26.4 Å². The van der Waals surface area contributed by atoms with E-state index in [1.807, 2.05) is 0 Å². The third-order valence-electron chi connectivity index (χ3n) is 4.24. The van der Waals surface area contributed by atoms with Gasteiger partial charge < -0.3 is 15.4 Å². The normalized spacial score (nSPS) is 10.6. The Bertz CT molecular complexity index is 1080. The van der Waals surface area contributed by atoms with Crippen LogP contribution in [0.1, 0.15) is 28.0 Å². The Morgan fingerprint density at radius 3 is 2.55 bits per heavy atom. The number of rotatable bonds is 7. The number of nitrogens with one attached hydrogen (secondary N) is 1. The molecule has 0 radical (unpaired) electrons. The largest absolute Gasteiger partial charge is 0.390 e. The zero-order valence-corrected chi connectivity index (χ0v) is 16.2. The third kappa shape index (κ3) is 4.85. The van der Waals surface area contributed by atoms with Crippen molar-refractivity contribution in [2.24, 2.45) is 0 Å². The van der Waals surface area contributed by atoms with E-state index in [1.54, 1.807) is 49.4 Å². The summed E-state index contributed by atoms with van der Waals surface area (Å²) < 4.78 is 1.40. The van der Waals surface area contributed by atoms with Gasteiger partial charge in [-0.3, -0.25) is 9.59 Å². The second kappa shape index (κ2) is 8.66. The first-order chi connectivity index (χ1) is 13.8. The van der Waals surface area contributed by atoms with Crippen LogP contribution < -0.4 is 5.32 Å². The minimum Gasteiger partial charge on any atom is -0.358 e. The van der Waals surface area contributed by atoms with E-state index < -0.39 is 4.92 Å². The fraction of sp³-hybridized carbons (Fsp3) is 0.150. The van der Waals surface area contributed by atoms with Crippen LogP contribution in [0.15, 0.2) is 54.6 Å². The number of halogens is 1. The molecule has 3 aromatic rings. The number of carbonyl (C=O) groups excluding carboxylic acids is 2. The molecule has 0 saturated heterocycles. The molecule has 0 saturated carbocycles. The molecule has 9 heteroatoms. The fourth-order valence-electron chi connectivity index (χ4n) is 2.79. The molecule has 0 aliphatic rings. The van der Waals surface area contributed by atoms with E-state index in [0.29, 0.717) is 22.0 Å². The number of nitro groups is 1. The second-order valence-corrected chi connectivity index (χ2v) is 6.74. The number of nitrogens with zero attached hydrogens (tertiary/aromatic N) is 3. The van der Waals surface area contributed by atoms with Gasteiger partial charge in [-0.1, -0.05) is 41.9 Å². The van der Waals surface area contributed by atoms with Gasteiger partial charge in [0, 0.05) is 22.6 Å². The second-order valence-electron chi connectivity index (χ2n) is 6.31. The first kappa shape index (κ1) is 20.2. The molecule has 1 N–H and O–H groups in total. The number of ketones is 1. The summed E-state index contributed by atoms with van der Waals surface area (Å²) in [5.74, 6) is -0.884. The molecule has 1 aromatic heterocycles. The van der Waals surface area contributed by atoms with Crippen molar-refractivity contribution >= 4 is 34.8 Å². The van der Waals surface area contributed by atoms with Crippen molar-refractivity contribution in [3.63, 3.8) is 0 Å². The van der Waals surface area contributed by atoms with Crippen LogP contribution in [0.2, 0.25) is 5.02 Å². The predicted octanol–water partition coefficient (Wildman–Crippen LogP) is 4.01. The zero-order valence-electron chi connectivity index (χ0n) is 15.5. The van der Waals surface area contributed by atoms with Crippen molar-refractivity contribution < 1.29 is 14.5 Å². The SMILES string of the molecule is Cc1cc([N+](=O)[O-])nn1CCC(=O)Nc1ccc(Cl)cc1C(=O)c1ccccc1. The summed E-state index contributed by atoms with van der Waals surface area (Å²) in [6, 6.07) is 14.7. The molecule has 0 atom stereocenters. The summed E-state index contributed by atoms with van der Waals surface area (Å²) in [4.78, 5) is 35.4. The highest BCUT2D eigenvalue weighted by atomic mass is 35.5. The van der Waals surface area contributed by atoms with Gasteiger partial charge in [0.2, 0.25) is 5.91 Å². The number of aromatic nitrogens is 2. The molecule has 2 aromatic carbocycles. The average Bonchev–Trinajstić information content (AvgIpc) is 3.09. The molecule has 0 unspecified atom stereocenters. The first-order valence-electron chi connectivity index (χ1n) is 8.73. The Morgan fingerprint density at radius 1 is 1.17 bits per heavy atom. The van der Waals surface area contributed by atoms with Gasteiger partial charge in [-0.05, 0) is 30.0 Å². The number of carbonyl (C=O) groups is 2. The highest BCUT2D eigenvalue weighted by Crippen LogP contribution is 2.24. The summed E-state index contributed by atoms with van der Waals surface area (Å²) in [6.45, 7) is 1.84. The Morgan fingerprint density at radius 2 is 1.90 bits per heavy atom. The highest BCUT2D eigenvalue weighted by molar-refractivity contribution is 6.31. The molecule has 29 heavy (non-hydrogen) atoms. The van der Waals surface area contributed by atoms with Gasteiger partial charge >= 0.3 is 5.82 Å². The monoisotopic (exact) mass is 412 g/mol. The van der Waals surface area contributed by atoms with Gasteiger partial charge in [0.15, 0.2) is 5.78 Å². The number of hydrogen-bond donors (Lipinski definition) is 1. The molecule has 1 heterocycles. The smallest absolute Gasteiger partial charge is 0.358 e. The lowest BCUT2D eigenvalue weighted by Crippen LogP contribution is -2.17. The van der Waals surface area contributed by atoms with Gasteiger partial charge in [0.05, 0.1) is 29.1 Å². The zero-order chi connectivity index (χ0) is 21.0. The topological polar surface area (TPSA) is 107 Å². The van der Waals surface area contributed by atoms with Crippen LogP contribution >= 0.6 is 11.6 Å². The first-order valence-corrected chi connectivity index (χ1v) is 9.11.